The van der Waals surface area contributed by atoms with Gasteiger partial charge in [0.2, 0.25) is 0 Å². The van der Waals surface area contributed by atoms with Crippen LogP contribution in [0.15, 0.2) is 79.0 Å². The molecule has 170 valence electrons. The predicted octanol–water partition coefficient (Wildman–Crippen LogP) is 6.80. The van der Waals surface area contributed by atoms with E-state index in [1.54, 1.807) is 12.2 Å². The first-order valence-electron chi connectivity index (χ1n) is 10.7. The van der Waals surface area contributed by atoms with Gasteiger partial charge in [-0.15, -0.1) is 0 Å². The van der Waals surface area contributed by atoms with Crippen LogP contribution >= 0.6 is 0 Å². The zero-order valence-corrected chi connectivity index (χ0v) is 18.4. The quantitative estimate of drug-likeness (QED) is 0.157. The number of phenolic OH excluding ortho intramolecular Hbond substituents is 3. The van der Waals surface area contributed by atoms with Crippen molar-refractivity contribution in [3.8, 4) is 17.2 Å². The average Bonchev–Trinajstić information content (AvgIpc) is 2.69. The number of hydrogen-bond acceptors (Lipinski definition) is 4. The summed E-state index contributed by atoms with van der Waals surface area (Å²) in [5.41, 5.74) is 0. The molecule has 0 amide bonds. The Labute approximate surface area is 186 Å². The minimum Gasteiger partial charge on any atom is -0.508 e. The minimum atomic E-state index is -0.931. The minimum absolute atomic E-state index is 0.146. The number of carboxylic acids is 1. The van der Waals surface area contributed by atoms with Crippen LogP contribution in [0.1, 0.15) is 58.3 Å². The Bertz CT molecular complexity index is 692. The van der Waals surface area contributed by atoms with Crippen LogP contribution in [0, 0.1) is 0 Å². The molecule has 0 bridgehead atoms. The Kier molecular flexibility index (Phi) is 18.0. The van der Waals surface area contributed by atoms with Crippen molar-refractivity contribution >= 4 is 5.97 Å². The number of aromatic hydroxyl groups is 3. The van der Waals surface area contributed by atoms with Crippen LogP contribution in [0.3, 0.4) is 0 Å². The molecule has 0 aliphatic rings. The van der Waals surface area contributed by atoms with Crippen LogP contribution in [0.25, 0.3) is 0 Å². The molecule has 0 radical (unpaired) electrons. The smallest absolute Gasteiger partial charge is 0.328 e. The van der Waals surface area contributed by atoms with Gasteiger partial charge in [0.15, 0.2) is 0 Å². The van der Waals surface area contributed by atoms with E-state index in [9.17, 15) is 4.79 Å². The highest BCUT2D eigenvalue weighted by Crippen LogP contribution is 2.23. The second kappa shape index (κ2) is 20.1. The molecule has 0 heterocycles. The van der Waals surface area contributed by atoms with Crippen molar-refractivity contribution < 1.29 is 25.2 Å². The maximum Gasteiger partial charge on any atom is 0.328 e. The van der Waals surface area contributed by atoms with E-state index in [2.05, 4.69) is 19.1 Å². The fraction of sp³-hybridized carbons (Fsp3) is 0.346. The Morgan fingerprint density at radius 3 is 1.58 bits per heavy atom. The van der Waals surface area contributed by atoms with E-state index in [0.29, 0.717) is 0 Å². The second-order valence-corrected chi connectivity index (χ2v) is 6.90. The first kappa shape index (κ1) is 27.8. The number of unbranched alkanes of at least 4 members (excludes halogenated alkanes) is 7. The van der Waals surface area contributed by atoms with E-state index in [-0.39, 0.29) is 17.2 Å². The van der Waals surface area contributed by atoms with Crippen molar-refractivity contribution in [1.29, 1.82) is 0 Å². The summed E-state index contributed by atoms with van der Waals surface area (Å²) in [4.78, 5) is 10.2. The Morgan fingerprint density at radius 2 is 1.10 bits per heavy atom. The van der Waals surface area contributed by atoms with Gasteiger partial charge in [-0.25, -0.2) is 4.79 Å². The Balaban J connectivity index is 0.000000823. The summed E-state index contributed by atoms with van der Waals surface area (Å²) in [6.07, 6.45) is 28.8. The predicted molar refractivity (Wildman–Crippen MR) is 127 cm³/mol. The van der Waals surface area contributed by atoms with E-state index in [1.165, 1.54) is 51.0 Å². The number of hydrogen-bond donors (Lipinski definition) is 4. The molecule has 1 rings (SSSR count). The molecule has 0 atom stereocenters. The lowest BCUT2D eigenvalue weighted by Gasteiger charge is -1.98. The Hall–Kier alpha value is -3.21. The van der Waals surface area contributed by atoms with Crippen molar-refractivity contribution in [1.82, 2.24) is 0 Å². The van der Waals surface area contributed by atoms with Crippen molar-refractivity contribution in [2.24, 2.45) is 0 Å². The average molecular weight is 429 g/mol. The number of allylic oxidation sites excluding steroid dienone is 9. The standard InChI is InChI=1S/C20H30O2.C6H6O3/c1-2-3-4-5-6-7-8-9-10-11-12-13-14-15-16-17-18-19-20(21)22;7-4-1-5(8)3-6(9)2-4/h10-19H,2-9H2,1H3,(H,21,22);1-3,7-9H/b11-10+,13-12+,15-14+,17-16+,19-18+;. The molecule has 0 saturated carbocycles. The molecule has 0 saturated heterocycles. The summed E-state index contributed by atoms with van der Waals surface area (Å²) < 4.78 is 0. The van der Waals surface area contributed by atoms with Gasteiger partial charge in [0.25, 0.3) is 0 Å². The van der Waals surface area contributed by atoms with E-state index < -0.39 is 5.97 Å². The summed E-state index contributed by atoms with van der Waals surface area (Å²) in [7, 11) is 0. The third kappa shape index (κ3) is 21.3. The summed E-state index contributed by atoms with van der Waals surface area (Å²) in [6, 6.07) is 3.42. The Morgan fingerprint density at radius 1 is 0.677 bits per heavy atom. The van der Waals surface area contributed by atoms with Gasteiger partial charge in [0.1, 0.15) is 17.2 Å². The molecule has 31 heavy (non-hydrogen) atoms. The van der Waals surface area contributed by atoms with E-state index >= 15 is 0 Å². The largest absolute Gasteiger partial charge is 0.508 e. The topological polar surface area (TPSA) is 98.0 Å². The molecular formula is C26H36O5. The molecule has 0 aromatic heterocycles. The SMILES string of the molecule is CCCCCCCCC/C=C/C=C/C=C/C=C/C=C/C(=O)O.Oc1cc(O)cc(O)c1. The van der Waals surface area contributed by atoms with Crippen LogP contribution in [0.2, 0.25) is 0 Å². The summed E-state index contributed by atoms with van der Waals surface area (Å²) in [5.74, 6) is -1.37. The number of carboxylic acid groups (broad SMARTS) is 1. The summed E-state index contributed by atoms with van der Waals surface area (Å²) >= 11 is 0. The van der Waals surface area contributed by atoms with E-state index in [1.807, 2.05) is 24.3 Å². The zero-order valence-electron chi connectivity index (χ0n) is 18.4. The molecule has 0 fully saturated rings. The maximum atomic E-state index is 10.2. The van der Waals surface area contributed by atoms with Crippen LogP contribution < -0.4 is 0 Å². The lowest BCUT2D eigenvalue weighted by molar-refractivity contribution is -0.131. The van der Waals surface area contributed by atoms with Crippen molar-refractivity contribution in [3.63, 3.8) is 0 Å². The first-order valence-corrected chi connectivity index (χ1v) is 10.7. The highest BCUT2D eigenvalue weighted by Gasteiger charge is 1.94. The van der Waals surface area contributed by atoms with Crippen molar-refractivity contribution in [3.05, 3.63) is 79.0 Å². The van der Waals surface area contributed by atoms with Gasteiger partial charge in [0.05, 0.1) is 0 Å². The number of rotatable bonds is 13. The van der Waals surface area contributed by atoms with Gasteiger partial charge in [-0.1, -0.05) is 100 Å². The number of phenols is 3. The third-order valence-corrected chi connectivity index (χ3v) is 4.01. The van der Waals surface area contributed by atoms with E-state index in [0.717, 1.165) is 30.7 Å². The first-order chi connectivity index (χ1) is 15.0. The molecule has 0 spiro atoms. The normalized spacial score (nSPS) is 11.8. The highest BCUT2D eigenvalue weighted by atomic mass is 16.4. The highest BCUT2D eigenvalue weighted by molar-refractivity contribution is 5.80. The van der Waals surface area contributed by atoms with Gasteiger partial charge < -0.3 is 20.4 Å². The lowest BCUT2D eigenvalue weighted by Crippen LogP contribution is -1.84. The summed E-state index contributed by atoms with van der Waals surface area (Å²) in [6.45, 7) is 2.25. The molecule has 5 nitrogen and oxygen atoms in total. The second-order valence-electron chi connectivity index (χ2n) is 6.90. The molecular weight excluding hydrogens is 392 g/mol. The third-order valence-electron chi connectivity index (χ3n) is 4.01. The van der Waals surface area contributed by atoms with E-state index in [4.69, 9.17) is 20.4 Å². The fourth-order valence-corrected chi connectivity index (χ4v) is 2.50. The van der Waals surface area contributed by atoms with Gasteiger partial charge >= 0.3 is 5.97 Å². The fourth-order valence-electron chi connectivity index (χ4n) is 2.50. The van der Waals surface area contributed by atoms with Crippen LogP contribution in [-0.2, 0) is 4.79 Å². The maximum absolute atomic E-state index is 10.2. The molecule has 0 unspecified atom stereocenters. The monoisotopic (exact) mass is 428 g/mol. The van der Waals surface area contributed by atoms with Crippen LogP contribution in [0.4, 0.5) is 0 Å². The van der Waals surface area contributed by atoms with Gasteiger partial charge in [-0.05, 0) is 12.8 Å². The molecule has 1 aromatic rings. The molecule has 5 heteroatoms. The van der Waals surface area contributed by atoms with Crippen LogP contribution in [-0.4, -0.2) is 26.4 Å². The number of aliphatic carboxylic acids is 1. The molecule has 4 N–H and O–H groups in total. The zero-order chi connectivity index (χ0) is 23.2. The van der Waals surface area contributed by atoms with Gasteiger partial charge in [0, 0.05) is 24.3 Å². The summed E-state index contributed by atoms with van der Waals surface area (Å²) in [5, 5.41) is 34.4. The molecule has 0 aliphatic carbocycles. The number of carbonyl (C=O) groups is 1. The van der Waals surface area contributed by atoms with Crippen LogP contribution in [0.5, 0.6) is 17.2 Å². The van der Waals surface area contributed by atoms with Crippen molar-refractivity contribution in [2.45, 2.75) is 58.3 Å². The van der Waals surface area contributed by atoms with Crippen molar-refractivity contribution in [2.75, 3.05) is 0 Å². The number of benzene rings is 1. The van der Waals surface area contributed by atoms with Gasteiger partial charge in [-0.3, -0.25) is 0 Å². The molecule has 1 aromatic carbocycles. The lowest BCUT2D eigenvalue weighted by atomic mass is 10.1. The van der Waals surface area contributed by atoms with Gasteiger partial charge in [-0.2, -0.15) is 0 Å². The molecule has 0 aliphatic heterocycles.